The van der Waals surface area contributed by atoms with Gasteiger partial charge in [0.05, 0.1) is 21.2 Å². The number of rotatable bonds is 12. The van der Waals surface area contributed by atoms with Crippen molar-refractivity contribution in [2.75, 3.05) is 17.4 Å². The van der Waals surface area contributed by atoms with E-state index in [0.717, 1.165) is 29.4 Å². The van der Waals surface area contributed by atoms with Crippen LogP contribution < -0.4 is 9.62 Å². The number of halogens is 5. The number of carbonyl (C=O) groups excluding carboxylic acids is 2. The molecule has 0 unspecified atom stereocenters. The summed E-state index contributed by atoms with van der Waals surface area (Å²) in [7, 11) is -4.53. The smallest absolute Gasteiger partial charge is 0.354 e. The number of amides is 2. The van der Waals surface area contributed by atoms with Crippen LogP contribution in [0.5, 0.6) is 0 Å². The normalized spacial score (nSPS) is 12.5. The molecule has 0 radical (unpaired) electrons. The van der Waals surface area contributed by atoms with Crippen LogP contribution in [-0.4, -0.2) is 44.3 Å². The van der Waals surface area contributed by atoms with E-state index in [-0.39, 0.29) is 11.4 Å². The molecule has 42 heavy (non-hydrogen) atoms. The summed E-state index contributed by atoms with van der Waals surface area (Å²) in [5.41, 5.74) is -1.02. The van der Waals surface area contributed by atoms with E-state index in [4.69, 9.17) is 11.6 Å². The number of alkyl halides is 3. The van der Waals surface area contributed by atoms with Crippen LogP contribution in [0.15, 0.2) is 82.2 Å². The monoisotopic (exact) mass is 687 g/mol. The Kier molecular flexibility index (Phi) is 11.4. The second-order valence-electron chi connectivity index (χ2n) is 9.46. The fraction of sp³-hybridized carbons (Fsp3) is 0.310. The van der Waals surface area contributed by atoms with Crippen molar-refractivity contribution in [2.45, 2.75) is 50.3 Å². The van der Waals surface area contributed by atoms with Gasteiger partial charge in [-0.05, 0) is 61.4 Å². The van der Waals surface area contributed by atoms with Crippen molar-refractivity contribution in [3.05, 3.63) is 93.4 Å². The van der Waals surface area contributed by atoms with Crippen LogP contribution in [0, 0.1) is 0 Å². The molecule has 13 heteroatoms. The highest BCUT2D eigenvalue weighted by Crippen LogP contribution is 2.38. The Morgan fingerprint density at radius 3 is 2.33 bits per heavy atom. The Labute approximate surface area is 256 Å². The summed E-state index contributed by atoms with van der Waals surface area (Å²) in [6.45, 7) is 2.92. The molecule has 0 saturated heterocycles. The first-order valence-electron chi connectivity index (χ1n) is 13.0. The molecule has 0 bridgehead atoms. The first kappa shape index (κ1) is 33.4. The Balaban J connectivity index is 2.08. The molecular formula is C29H30BrClF3N3O4S. The van der Waals surface area contributed by atoms with Crippen LogP contribution in [0.25, 0.3) is 0 Å². The summed E-state index contributed by atoms with van der Waals surface area (Å²) in [6.07, 6.45) is -3.32. The van der Waals surface area contributed by atoms with Gasteiger partial charge < -0.3 is 10.2 Å². The molecule has 0 spiro atoms. The molecule has 1 atom stereocenters. The maximum absolute atomic E-state index is 13.9. The summed E-state index contributed by atoms with van der Waals surface area (Å²) < 4.78 is 70.0. The predicted molar refractivity (Wildman–Crippen MR) is 159 cm³/mol. The topological polar surface area (TPSA) is 86.8 Å². The number of benzene rings is 3. The molecule has 0 heterocycles. The molecular weight excluding hydrogens is 659 g/mol. The van der Waals surface area contributed by atoms with Crippen LogP contribution >= 0.6 is 27.5 Å². The van der Waals surface area contributed by atoms with Gasteiger partial charge in [0, 0.05) is 17.6 Å². The van der Waals surface area contributed by atoms with Crippen molar-refractivity contribution < 1.29 is 31.2 Å². The van der Waals surface area contributed by atoms with Crippen LogP contribution in [0.1, 0.15) is 37.8 Å². The van der Waals surface area contributed by atoms with Crippen molar-refractivity contribution in [2.24, 2.45) is 0 Å². The Morgan fingerprint density at radius 1 is 1.02 bits per heavy atom. The highest BCUT2D eigenvalue weighted by atomic mass is 79.9. The lowest BCUT2D eigenvalue weighted by molar-refractivity contribution is -0.139. The van der Waals surface area contributed by atoms with Gasteiger partial charge in [0.2, 0.25) is 11.8 Å². The first-order valence-corrected chi connectivity index (χ1v) is 15.6. The third-order valence-corrected chi connectivity index (χ3v) is 9.00. The zero-order valence-electron chi connectivity index (χ0n) is 22.9. The van der Waals surface area contributed by atoms with E-state index in [1.54, 1.807) is 30.3 Å². The van der Waals surface area contributed by atoms with Crippen molar-refractivity contribution in [1.82, 2.24) is 10.2 Å². The number of nitrogens with zero attached hydrogens (tertiary/aromatic N) is 2. The highest BCUT2D eigenvalue weighted by Gasteiger charge is 2.37. The van der Waals surface area contributed by atoms with Gasteiger partial charge in [0.1, 0.15) is 12.6 Å². The van der Waals surface area contributed by atoms with E-state index >= 15 is 0 Å². The molecule has 0 saturated carbocycles. The summed E-state index contributed by atoms with van der Waals surface area (Å²) in [5, 5.41) is 2.15. The van der Waals surface area contributed by atoms with Crippen LogP contribution in [0.2, 0.25) is 5.02 Å². The largest absolute Gasteiger partial charge is 0.417 e. The minimum absolute atomic E-state index is 0.0612. The average Bonchev–Trinajstić information content (AvgIpc) is 2.94. The number of hydrogen-bond acceptors (Lipinski definition) is 4. The van der Waals surface area contributed by atoms with E-state index in [1.165, 1.54) is 36.1 Å². The predicted octanol–water partition coefficient (Wildman–Crippen LogP) is 6.65. The maximum Gasteiger partial charge on any atom is 0.417 e. The summed E-state index contributed by atoms with van der Waals surface area (Å²) >= 11 is 9.17. The number of carbonyl (C=O) groups is 2. The highest BCUT2D eigenvalue weighted by molar-refractivity contribution is 9.10. The van der Waals surface area contributed by atoms with E-state index in [2.05, 4.69) is 21.2 Å². The zero-order valence-corrected chi connectivity index (χ0v) is 26.0. The summed E-state index contributed by atoms with van der Waals surface area (Å²) in [4.78, 5) is 27.9. The molecule has 3 aromatic carbocycles. The molecule has 0 aliphatic rings. The van der Waals surface area contributed by atoms with Crippen molar-refractivity contribution in [3.63, 3.8) is 0 Å². The summed E-state index contributed by atoms with van der Waals surface area (Å²) in [5.74, 6) is -1.24. The van der Waals surface area contributed by atoms with Crippen molar-refractivity contribution >= 4 is 55.1 Å². The minimum Gasteiger partial charge on any atom is -0.354 e. The van der Waals surface area contributed by atoms with Gasteiger partial charge in [0.25, 0.3) is 10.0 Å². The molecule has 0 aromatic heterocycles. The maximum atomic E-state index is 13.9. The third kappa shape index (κ3) is 8.48. The van der Waals surface area contributed by atoms with Crippen LogP contribution in [0.4, 0.5) is 18.9 Å². The molecule has 0 aliphatic heterocycles. The molecule has 3 aromatic rings. The lowest BCUT2D eigenvalue weighted by Gasteiger charge is -2.32. The fourth-order valence-corrected chi connectivity index (χ4v) is 6.18. The number of nitrogens with one attached hydrogen (secondary N) is 1. The number of anilines is 1. The average molecular weight is 689 g/mol. The molecule has 0 aliphatic carbocycles. The van der Waals surface area contributed by atoms with E-state index in [0.29, 0.717) is 22.5 Å². The Bertz CT molecular complexity index is 1510. The fourth-order valence-electron chi connectivity index (χ4n) is 4.08. The molecule has 3 rings (SSSR count). The van der Waals surface area contributed by atoms with E-state index in [1.807, 2.05) is 6.92 Å². The molecule has 1 N–H and O–H groups in total. The lowest BCUT2D eigenvalue weighted by atomic mass is 10.1. The van der Waals surface area contributed by atoms with Crippen LogP contribution in [0.3, 0.4) is 0 Å². The first-order chi connectivity index (χ1) is 19.8. The number of hydrogen-bond donors (Lipinski definition) is 1. The van der Waals surface area contributed by atoms with E-state index in [9.17, 15) is 31.2 Å². The van der Waals surface area contributed by atoms with Gasteiger partial charge in [-0.3, -0.25) is 13.9 Å². The second-order valence-corrected chi connectivity index (χ2v) is 12.6. The molecule has 226 valence electrons. The van der Waals surface area contributed by atoms with Gasteiger partial charge >= 0.3 is 6.18 Å². The molecule has 2 amide bonds. The standard InChI is InChI=1S/C29H30BrClF3N3O4S/c1-3-4-15-35-28(39)20(2)36(18-21-9-8-10-22(30)16-21)27(38)19-37(42(40,41)24-11-6-5-7-12-24)23-13-14-26(31)25(17-23)29(32,33)34/h5-14,16-17,20H,3-4,15,18-19H2,1-2H3,(H,35,39)/t20-/m1/s1. The lowest BCUT2D eigenvalue weighted by Crippen LogP contribution is -2.51. The quantitative estimate of drug-likeness (QED) is 0.216. The Hall–Kier alpha value is -3.09. The van der Waals surface area contributed by atoms with Gasteiger partial charge in [-0.1, -0.05) is 71.2 Å². The third-order valence-electron chi connectivity index (χ3n) is 6.39. The summed E-state index contributed by atoms with van der Waals surface area (Å²) in [6, 6.07) is 15.7. The second kappa shape index (κ2) is 14.4. The van der Waals surface area contributed by atoms with Gasteiger partial charge in [-0.2, -0.15) is 13.2 Å². The van der Waals surface area contributed by atoms with Gasteiger partial charge in [0.15, 0.2) is 0 Å². The van der Waals surface area contributed by atoms with Crippen LogP contribution in [-0.2, 0) is 32.3 Å². The van der Waals surface area contributed by atoms with Gasteiger partial charge in [-0.25, -0.2) is 8.42 Å². The van der Waals surface area contributed by atoms with Crippen molar-refractivity contribution in [1.29, 1.82) is 0 Å². The Morgan fingerprint density at radius 2 is 1.71 bits per heavy atom. The SMILES string of the molecule is CCCCNC(=O)[C@@H](C)N(Cc1cccc(Br)c1)C(=O)CN(c1ccc(Cl)c(C(F)(F)F)c1)S(=O)(=O)c1ccccc1. The number of sulfonamides is 1. The van der Waals surface area contributed by atoms with E-state index < -0.39 is 56.9 Å². The zero-order chi connectivity index (χ0) is 31.1. The molecule has 7 nitrogen and oxygen atoms in total. The molecule has 0 fully saturated rings. The van der Waals surface area contributed by atoms with Crippen molar-refractivity contribution in [3.8, 4) is 0 Å². The number of unbranched alkanes of at least 4 members (excludes halogenated alkanes) is 1. The minimum atomic E-state index is -4.88. The van der Waals surface area contributed by atoms with Gasteiger partial charge in [-0.15, -0.1) is 0 Å².